The molecule has 1 amide bonds. The number of carboxylic acid groups (broad SMARTS) is 1. The van der Waals surface area contributed by atoms with E-state index in [4.69, 9.17) is 28.2 Å². The molecule has 3 fully saturated rings. The Morgan fingerprint density at radius 3 is 2.43 bits per heavy atom. The van der Waals surface area contributed by atoms with Gasteiger partial charge >= 0.3 is 5.97 Å². The van der Waals surface area contributed by atoms with Gasteiger partial charge in [0, 0.05) is 42.6 Å². The third-order valence-electron chi connectivity index (χ3n) is 6.62. The number of nitrogens with zero attached hydrogens (tertiary/aromatic N) is 2. The molecule has 10 heteroatoms. The molecule has 5 rings (SSSR count). The molecule has 3 N–H and O–H groups in total. The highest BCUT2D eigenvalue weighted by molar-refractivity contribution is 7.17. The van der Waals surface area contributed by atoms with Gasteiger partial charge in [-0.3, -0.25) is 4.79 Å². The maximum absolute atomic E-state index is 12.6. The van der Waals surface area contributed by atoms with E-state index in [1.807, 2.05) is 0 Å². The second kappa shape index (κ2) is 7.43. The molecule has 2 saturated carbocycles. The molecule has 1 aliphatic heterocycles. The van der Waals surface area contributed by atoms with Gasteiger partial charge < -0.3 is 20.3 Å². The number of aromatic nitrogens is 2. The van der Waals surface area contributed by atoms with Crippen molar-refractivity contribution in [2.75, 3.05) is 18.0 Å². The molecule has 0 spiro atoms. The Kier molecular flexibility index (Phi) is 4.99. The van der Waals surface area contributed by atoms with E-state index in [1.165, 1.54) is 11.3 Å². The quantitative estimate of drug-likeness (QED) is 0.607. The fourth-order valence-electron chi connectivity index (χ4n) is 4.93. The zero-order chi connectivity index (χ0) is 21.2. The largest absolute Gasteiger partial charge is 0.477 e. The number of carbonyl (C=O) groups is 2. The second-order valence-corrected chi connectivity index (χ2v) is 10.2. The summed E-state index contributed by atoms with van der Waals surface area (Å²) in [7, 11) is 0. The molecule has 0 bridgehead atoms. The van der Waals surface area contributed by atoms with Crippen molar-refractivity contribution in [2.24, 2.45) is 11.8 Å². The topological polar surface area (TPSA) is 98.3 Å². The normalized spacial score (nSPS) is 25.6. The number of halogens is 2. The van der Waals surface area contributed by atoms with Gasteiger partial charge in [0.25, 0.3) is 5.91 Å². The standard InChI is InChI=1S/C20H22Cl2N4O3S/c1-8-12(21)13(22)16(23-8)18(27)24-15-10-6-26(7-11(10)15)20-25-14(9-4-2-3-5-9)17(30-20)19(28)29/h9-11,15,23H,2-7H2,1H3,(H,24,27)(H,28,29)/t10-,11+,15-. The number of nitrogens with one attached hydrogen (secondary N) is 2. The summed E-state index contributed by atoms with van der Waals surface area (Å²) >= 11 is 13.5. The van der Waals surface area contributed by atoms with Gasteiger partial charge in [0.1, 0.15) is 10.6 Å². The third-order valence-corrected chi connectivity index (χ3v) is 8.69. The van der Waals surface area contributed by atoms with E-state index < -0.39 is 5.97 Å². The van der Waals surface area contributed by atoms with Crippen LogP contribution in [-0.2, 0) is 0 Å². The van der Waals surface area contributed by atoms with Crippen molar-refractivity contribution in [1.29, 1.82) is 0 Å². The maximum Gasteiger partial charge on any atom is 0.347 e. The van der Waals surface area contributed by atoms with Crippen LogP contribution in [0.4, 0.5) is 5.13 Å². The smallest absolute Gasteiger partial charge is 0.347 e. The van der Waals surface area contributed by atoms with Crippen molar-refractivity contribution in [3.63, 3.8) is 0 Å². The number of fused-ring (bicyclic) bond motifs is 1. The van der Waals surface area contributed by atoms with Crippen LogP contribution in [0.1, 0.15) is 63.1 Å². The number of hydrogen-bond acceptors (Lipinski definition) is 5. The Balaban J connectivity index is 1.24. The van der Waals surface area contributed by atoms with Crippen LogP contribution < -0.4 is 10.2 Å². The molecule has 2 aliphatic carbocycles. The number of aryl methyl sites for hydroxylation is 1. The predicted molar refractivity (Wildman–Crippen MR) is 116 cm³/mol. The Hall–Kier alpha value is -1.77. The maximum atomic E-state index is 12.6. The Labute approximate surface area is 187 Å². The van der Waals surface area contributed by atoms with Crippen molar-refractivity contribution < 1.29 is 14.7 Å². The summed E-state index contributed by atoms with van der Waals surface area (Å²) in [5.74, 6) is -0.178. The lowest BCUT2D eigenvalue weighted by molar-refractivity contribution is 0.0700. The molecule has 160 valence electrons. The lowest BCUT2D eigenvalue weighted by Crippen LogP contribution is -2.34. The third kappa shape index (κ3) is 3.29. The number of carboxylic acids is 1. The molecule has 1 saturated heterocycles. The Morgan fingerprint density at radius 2 is 1.87 bits per heavy atom. The lowest BCUT2D eigenvalue weighted by atomic mass is 10.0. The molecule has 0 aromatic carbocycles. The van der Waals surface area contributed by atoms with Crippen LogP contribution in [0.5, 0.6) is 0 Å². The molecule has 0 radical (unpaired) electrons. The van der Waals surface area contributed by atoms with E-state index in [1.54, 1.807) is 6.92 Å². The van der Waals surface area contributed by atoms with E-state index >= 15 is 0 Å². The van der Waals surface area contributed by atoms with Gasteiger partial charge in [0.05, 0.1) is 15.7 Å². The van der Waals surface area contributed by atoms with Crippen molar-refractivity contribution in [3.8, 4) is 0 Å². The SMILES string of the molecule is Cc1[nH]c(C(=O)N[C@@H]2[C@@H]3CN(c4nc(C5CCCC5)c(C(=O)O)s4)C[C@@H]32)c(Cl)c1Cl. The average Bonchev–Trinajstić information content (AvgIpc) is 3.29. The molecule has 0 unspecified atom stereocenters. The molecule has 3 heterocycles. The van der Waals surface area contributed by atoms with Crippen LogP contribution in [0.15, 0.2) is 0 Å². The molecule has 7 nitrogen and oxygen atoms in total. The first kappa shape index (κ1) is 20.2. The molecule has 3 atom stereocenters. The number of carbonyl (C=O) groups excluding carboxylic acids is 1. The summed E-state index contributed by atoms with van der Waals surface area (Å²) in [4.78, 5) is 34.5. The van der Waals surface area contributed by atoms with Crippen molar-refractivity contribution >= 4 is 51.5 Å². The van der Waals surface area contributed by atoms with E-state index in [0.717, 1.165) is 49.6 Å². The van der Waals surface area contributed by atoms with Crippen LogP contribution >= 0.6 is 34.5 Å². The zero-order valence-corrected chi connectivity index (χ0v) is 18.7. The minimum absolute atomic E-state index is 0.0976. The molecule has 2 aromatic heterocycles. The molecule has 30 heavy (non-hydrogen) atoms. The Bertz CT molecular complexity index is 1020. The van der Waals surface area contributed by atoms with Crippen LogP contribution in [0.25, 0.3) is 0 Å². The van der Waals surface area contributed by atoms with Gasteiger partial charge in [-0.2, -0.15) is 0 Å². The first-order valence-electron chi connectivity index (χ1n) is 10.2. The monoisotopic (exact) mass is 468 g/mol. The van der Waals surface area contributed by atoms with Gasteiger partial charge in [0.15, 0.2) is 5.13 Å². The number of anilines is 1. The van der Waals surface area contributed by atoms with Crippen molar-refractivity contribution in [3.05, 3.63) is 32.0 Å². The fraction of sp³-hybridized carbons (Fsp3) is 0.550. The highest BCUT2D eigenvalue weighted by Gasteiger charge is 2.57. The summed E-state index contributed by atoms with van der Waals surface area (Å²) in [5, 5.41) is 14.1. The fourth-order valence-corrected chi connectivity index (χ4v) is 6.36. The molecule has 2 aromatic rings. The number of aromatic carboxylic acids is 1. The summed E-state index contributed by atoms with van der Waals surface area (Å²) in [5.41, 5.74) is 1.73. The van der Waals surface area contributed by atoms with Gasteiger partial charge in [-0.05, 0) is 19.8 Å². The molecular weight excluding hydrogens is 447 g/mol. The summed E-state index contributed by atoms with van der Waals surface area (Å²) < 4.78 is 0. The minimum Gasteiger partial charge on any atom is -0.477 e. The second-order valence-electron chi connectivity index (χ2n) is 8.48. The van der Waals surface area contributed by atoms with Gasteiger partial charge in [-0.25, -0.2) is 9.78 Å². The summed E-state index contributed by atoms with van der Waals surface area (Å²) in [6.07, 6.45) is 4.32. The number of aromatic amines is 1. The highest BCUT2D eigenvalue weighted by Crippen LogP contribution is 2.48. The number of hydrogen-bond donors (Lipinski definition) is 3. The molecular formula is C20H22Cl2N4O3S. The van der Waals surface area contributed by atoms with Crippen LogP contribution in [0.3, 0.4) is 0 Å². The number of rotatable bonds is 5. The first-order valence-corrected chi connectivity index (χ1v) is 11.8. The van der Waals surface area contributed by atoms with Crippen LogP contribution in [0, 0.1) is 18.8 Å². The average molecular weight is 469 g/mol. The zero-order valence-electron chi connectivity index (χ0n) is 16.4. The summed E-state index contributed by atoms with van der Waals surface area (Å²) in [6.45, 7) is 3.31. The van der Waals surface area contributed by atoms with E-state index in [0.29, 0.717) is 33.1 Å². The van der Waals surface area contributed by atoms with E-state index in [2.05, 4.69) is 15.2 Å². The Morgan fingerprint density at radius 1 is 1.20 bits per heavy atom. The van der Waals surface area contributed by atoms with Crippen molar-refractivity contribution in [1.82, 2.24) is 15.3 Å². The summed E-state index contributed by atoms with van der Waals surface area (Å²) in [6, 6.07) is 0.0976. The number of amides is 1. The number of H-pyrrole nitrogens is 1. The first-order chi connectivity index (χ1) is 14.3. The number of thiazole rings is 1. The van der Waals surface area contributed by atoms with E-state index in [-0.39, 0.29) is 22.9 Å². The lowest BCUT2D eigenvalue weighted by Gasteiger charge is -2.19. The van der Waals surface area contributed by atoms with Crippen LogP contribution in [0.2, 0.25) is 10.0 Å². The van der Waals surface area contributed by atoms with E-state index in [9.17, 15) is 14.7 Å². The van der Waals surface area contributed by atoms with Gasteiger partial charge in [-0.1, -0.05) is 47.4 Å². The highest BCUT2D eigenvalue weighted by atomic mass is 35.5. The molecule has 3 aliphatic rings. The van der Waals surface area contributed by atoms with Crippen molar-refractivity contribution in [2.45, 2.75) is 44.6 Å². The van der Waals surface area contributed by atoms with Crippen LogP contribution in [-0.4, -0.2) is 46.1 Å². The number of piperidine rings is 1. The van der Waals surface area contributed by atoms with Gasteiger partial charge in [-0.15, -0.1) is 0 Å². The predicted octanol–water partition coefficient (Wildman–Crippen LogP) is 4.31. The minimum atomic E-state index is -0.882. The van der Waals surface area contributed by atoms with Gasteiger partial charge in [0.2, 0.25) is 0 Å².